The van der Waals surface area contributed by atoms with Crippen LogP contribution in [0.5, 0.6) is 0 Å². The Morgan fingerprint density at radius 3 is 2.50 bits per heavy atom. The van der Waals surface area contributed by atoms with E-state index in [2.05, 4.69) is 5.32 Å². The molecule has 0 aliphatic heterocycles. The number of nitrogens with one attached hydrogen (secondary N) is 1. The van der Waals surface area contributed by atoms with Crippen molar-refractivity contribution in [3.8, 4) is 0 Å². The molecule has 1 rings (SSSR count). The molecule has 0 radical (unpaired) electrons. The smallest absolute Gasteiger partial charge is 0.220 e. The quantitative estimate of drug-likeness (QED) is 0.755. The minimum atomic E-state index is 0.0705. The fourth-order valence-corrected chi connectivity index (χ4v) is 2.27. The van der Waals surface area contributed by atoms with Gasteiger partial charge >= 0.3 is 0 Å². The standard InChI is InChI=1S/C13H25NO2/c1-10(9-15)11(2)14-13(16)8-12-6-4-3-5-7-12/h10-12,15H,3-9H2,1-2H3,(H,14,16). The van der Waals surface area contributed by atoms with Crippen molar-refractivity contribution in [1.29, 1.82) is 0 Å². The van der Waals surface area contributed by atoms with Gasteiger partial charge in [-0.05, 0) is 31.6 Å². The molecule has 3 nitrogen and oxygen atoms in total. The highest BCUT2D eigenvalue weighted by molar-refractivity contribution is 5.76. The van der Waals surface area contributed by atoms with Crippen molar-refractivity contribution in [2.45, 2.75) is 58.4 Å². The SMILES string of the molecule is CC(CO)C(C)NC(=O)CC1CCCCC1. The zero-order valence-electron chi connectivity index (χ0n) is 10.5. The Kier molecular flexibility index (Phi) is 5.81. The molecule has 0 aromatic heterocycles. The maximum atomic E-state index is 11.7. The van der Waals surface area contributed by atoms with Crippen LogP contribution >= 0.6 is 0 Å². The molecule has 0 aromatic rings. The van der Waals surface area contributed by atoms with Crippen molar-refractivity contribution < 1.29 is 9.90 Å². The number of aliphatic hydroxyl groups excluding tert-OH is 1. The van der Waals surface area contributed by atoms with Gasteiger partial charge in [-0.3, -0.25) is 4.79 Å². The maximum Gasteiger partial charge on any atom is 0.220 e. The zero-order valence-corrected chi connectivity index (χ0v) is 10.5. The van der Waals surface area contributed by atoms with Gasteiger partial charge in [-0.25, -0.2) is 0 Å². The number of carbonyl (C=O) groups excluding carboxylic acids is 1. The molecule has 16 heavy (non-hydrogen) atoms. The molecule has 2 N–H and O–H groups in total. The second-order valence-electron chi connectivity index (χ2n) is 5.22. The second kappa shape index (κ2) is 6.89. The van der Waals surface area contributed by atoms with Crippen molar-refractivity contribution in [3.05, 3.63) is 0 Å². The highest BCUT2D eigenvalue weighted by Crippen LogP contribution is 2.26. The molecule has 1 fully saturated rings. The zero-order chi connectivity index (χ0) is 12.0. The van der Waals surface area contributed by atoms with E-state index in [0.29, 0.717) is 12.3 Å². The first-order valence-corrected chi connectivity index (χ1v) is 6.53. The minimum absolute atomic E-state index is 0.0705. The molecule has 94 valence electrons. The van der Waals surface area contributed by atoms with Crippen molar-refractivity contribution in [2.75, 3.05) is 6.61 Å². The Labute approximate surface area is 98.6 Å². The van der Waals surface area contributed by atoms with Gasteiger partial charge in [0.1, 0.15) is 0 Å². The topological polar surface area (TPSA) is 49.3 Å². The van der Waals surface area contributed by atoms with Crippen LogP contribution in [0.25, 0.3) is 0 Å². The summed E-state index contributed by atoms with van der Waals surface area (Å²) in [5, 5.41) is 12.0. The fourth-order valence-electron chi connectivity index (χ4n) is 2.27. The van der Waals surface area contributed by atoms with Gasteiger partial charge in [0, 0.05) is 19.1 Å². The number of hydrogen-bond donors (Lipinski definition) is 2. The van der Waals surface area contributed by atoms with Gasteiger partial charge in [0.05, 0.1) is 0 Å². The van der Waals surface area contributed by atoms with Gasteiger partial charge in [-0.1, -0.05) is 26.2 Å². The van der Waals surface area contributed by atoms with E-state index >= 15 is 0 Å². The van der Waals surface area contributed by atoms with Crippen LogP contribution in [0.2, 0.25) is 0 Å². The van der Waals surface area contributed by atoms with Gasteiger partial charge in [0.25, 0.3) is 0 Å². The van der Waals surface area contributed by atoms with Crippen LogP contribution in [0.3, 0.4) is 0 Å². The lowest BCUT2D eigenvalue weighted by molar-refractivity contribution is -0.123. The molecule has 1 amide bonds. The maximum absolute atomic E-state index is 11.7. The number of rotatable bonds is 5. The lowest BCUT2D eigenvalue weighted by Crippen LogP contribution is -2.39. The first kappa shape index (κ1) is 13.5. The number of carbonyl (C=O) groups is 1. The van der Waals surface area contributed by atoms with Crippen molar-refractivity contribution in [3.63, 3.8) is 0 Å². The first-order chi connectivity index (χ1) is 7.63. The van der Waals surface area contributed by atoms with Gasteiger partial charge in [0.15, 0.2) is 0 Å². The molecular formula is C13H25NO2. The van der Waals surface area contributed by atoms with E-state index in [-0.39, 0.29) is 24.5 Å². The lowest BCUT2D eigenvalue weighted by atomic mass is 9.86. The van der Waals surface area contributed by atoms with E-state index < -0.39 is 0 Å². The van der Waals surface area contributed by atoms with Crippen LogP contribution < -0.4 is 5.32 Å². The van der Waals surface area contributed by atoms with E-state index in [4.69, 9.17) is 5.11 Å². The number of amides is 1. The van der Waals surface area contributed by atoms with E-state index in [1.165, 1.54) is 32.1 Å². The molecule has 1 aliphatic rings. The van der Waals surface area contributed by atoms with Crippen molar-refractivity contribution in [1.82, 2.24) is 5.32 Å². The summed E-state index contributed by atoms with van der Waals surface area (Å²) < 4.78 is 0. The summed E-state index contributed by atoms with van der Waals surface area (Å²) in [7, 11) is 0. The van der Waals surface area contributed by atoms with Crippen LogP contribution in [0.15, 0.2) is 0 Å². The predicted molar refractivity (Wildman–Crippen MR) is 65.0 cm³/mol. The Hall–Kier alpha value is -0.570. The molecule has 1 aliphatic carbocycles. The van der Waals surface area contributed by atoms with Crippen LogP contribution in [0.1, 0.15) is 52.4 Å². The molecule has 0 bridgehead atoms. The van der Waals surface area contributed by atoms with Crippen LogP contribution in [0.4, 0.5) is 0 Å². The average Bonchev–Trinajstić information content (AvgIpc) is 2.29. The summed E-state index contributed by atoms with van der Waals surface area (Å²) in [6, 6.07) is 0.0705. The third-order valence-corrected chi connectivity index (χ3v) is 3.73. The summed E-state index contributed by atoms with van der Waals surface area (Å²) in [5.41, 5.74) is 0. The predicted octanol–water partition coefficient (Wildman–Crippen LogP) is 2.09. The van der Waals surface area contributed by atoms with Crippen LogP contribution in [-0.4, -0.2) is 23.7 Å². The molecule has 0 spiro atoms. The summed E-state index contributed by atoms with van der Waals surface area (Å²) in [6.45, 7) is 4.04. The molecule has 0 saturated heterocycles. The van der Waals surface area contributed by atoms with E-state index in [1.54, 1.807) is 0 Å². The average molecular weight is 227 g/mol. The minimum Gasteiger partial charge on any atom is -0.396 e. The normalized spacial score (nSPS) is 21.4. The third-order valence-electron chi connectivity index (χ3n) is 3.73. The molecule has 2 atom stereocenters. The molecule has 0 aromatic carbocycles. The van der Waals surface area contributed by atoms with E-state index in [1.807, 2.05) is 13.8 Å². The Morgan fingerprint density at radius 2 is 1.94 bits per heavy atom. The highest BCUT2D eigenvalue weighted by Gasteiger charge is 2.19. The van der Waals surface area contributed by atoms with E-state index in [9.17, 15) is 4.79 Å². The van der Waals surface area contributed by atoms with Crippen LogP contribution in [-0.2, 0) is 4.79 Å². The monoisotopic (exact) mass is 227 g/mol. The second-order valence-corrected chi connectivity index (χ2v) is 5.22. The van der Waals surface area contributed by atoms with Crippen molar-refractivity contribution in [2.24, 2.45) is 11.8 Å². The Morgan fingerprint density at radius 1 is 1.31 bits per heavy atom. The Balaban J connectivity index is 2.23. The van der Waals surface area contributed by atoms with Gasteiger partial charge in [-0.2, -0.15) is 0 Å². The van der Waals surface area contributed by atoms with Gasteiger partial charge in [-0.15, -0.1) is 0 Å². The van der Waals surface area contributed by atoms with Gasteiger partial charge < -0.3 is 10.4 Å². The van der Waals surface area contributed by atoms with Crippen molar-refractivity contribution >= 4 is 5.91 Å². The Bertz CT molecular complexity index is 206. The summed E-state index contributed by atoms with van der Waals surface area (Å²) >= 11 is 0. The molecule has 3 heteroatoms. The fraction of sp³-hybridized carbons (Fsp3) is 0.923. The van der Waals surface area contributed by atoms with Gasteiger partial charge in [0.2, 0.25) is 5.91 Å². The summed E-state index contributed by atoms with van der Waals surface area (Å²) in [6.07, 6.45) is 6.97. The van der Waals surface area contributed by atoms with Crippen LogP contribution in [0, 0.1) is 11.8 Å². The first-order valence-electron chi connectivity index (χ1n) is 6.53. The van der Waals surface area contributed by atoms with E-state index in [0.717, 1.165) is 0 Å². The summed E-state index contributed by atoms with van der Waals surface area (Å²) in [5.74, 6) is 0.875. The highest BCUT2D eigenvalue weighted by atomic mass is 16.3. The lowest BCUT2D eigenvalue weighted by Gasteiger charge is -2.23. The molecule has 1 saturated carbocycles. The largest absolute Gasteiger partial charge is 0.396 e. The number of aliphatic hydroxyl groups is 1. The molecule has 0 heterocycles. The number of hydrogen-bond acceptors (Lipinski definition) is 2. The third kappa shape index (κ3) is 4.52. The summed E-state index contributed by atoms with van der Waals surface area (Å²) in [4.78, 5) is 11.7. The molecule has 2 unspecified atom stereocenters. The molecular weight excluding hydrogens is 202 g/mol.